The summed E-state index contributed by atoms with van der Waals surface area (Å²) in [5, 5.41) is 3.08. The minimum absolute atomic E-state index is 0.538. The van der Waals surface area contributed by atoms with Crippen molar-refractivity contribution >= 4 is 23.1 Å². The predicted molar refractivity (Wildman–Crippen MR) is 103 cm³/mol. The van der Waals surface area contributed by atoms with E-state index in [1.165, 1.54) is 17.7 Å². The van der Waals surface area contributed by atoms with Crippen LogP contribution < -0.4 is 10.2 Å². The highest BCUT2D eigenvalue weighted by Gasteiger charge is 2.30. The predicted octanol–water partition coefficient (Wildman–Crippen LogP) is 5.63. The molecule has 28 heavy (non-hydrogen) atoms. The van der Waals surface area contributed by atoms with Gasteiger partial charge in [-0.05, 0) is 55.7 Å². The molecule has 7 heteroatoms. The molecule has 0 radical (unpaired) electrons. The number of alkyl halides is 3. The molecular weight excluding hydrogens is 365 g/mol. The van der Waals surface area contributed by atoms with Gasteiger partial charge >= 0.3 is 6.18 Å². The van der Waals surface area contributed by atoms with E-state index in [1.54, 1.807) is 6.07 Å². The van der Waals surface area contributed by atoms with Crippen molar-refractivity contribution in [2.45, 2.75) is 25.9 Å². The Labute approximate surface area is 161 Å². The Hall–Kier alpha value is -3.09. The molecule has 2 heterocycles. The molecule has 1 aliphatic rings. The molecule has 0 amide bonds. The van der Waals surface area contributed by atoms with Crippen molar-refractivity contribution in [2.24, 2.45) is 0 Å². The summed E-state index contributed by atoms with van der Waals surface area (Å²) < 4.78 is 38.2. The third-order valence-electron chi connectivity index (χ3n) is 4.68. The fraction of sp³-hybridized carbons (Fsp3) is 0.238. The molecule has 1 aliphatic heterocycles. The number of nitrogens with one attached hydrogen (secondary N) is 1. The summed E-state index contributed by atoms with van der Waals surface area (Å²) in [6.45, 7) is 2.69. The number of anilines is 4. The van der Waals surface area contributed by atoms with Crippen molar-refractivity contribution in [3.05, 3.63) is 71.4 Å². The van der Waals surface area contributed by atoms with Crippen LogP contribution in [0.25, 0.3) is 0 Å². The van der Waals surface area contributed by atoms with Crippen LogP contribution in [-0.2, 0) is 12.6 Å². The maximum atomic E-state index is 12.7. The normalized spacial score (nSPS) is 13.9. The van der Waals surface area contributed by atoms with E-state index in [1.807, 2.05) is 19.1 Å². The van der Waals surface area contributed by atoms with Crippen LogP contribution in [0.3, 0.4) is 0 Å². The fourth-order valence-electron chi connectivity index (χ4n) is 3.37. The number of hydrogen-bond donors (Lipinski definition) is 1. The second-order valence-electron chi connectivity index (χ2n) is 6.78. The molecule has 4 rings (SSSR count). The number of aromatic nitrogens is 2. The molecule has 0 aliphatic carbocycles. The topological polar surface area (TPSA) is 41.1 Å². The Morgan fingerprint density at radius 3 is 2.50 bits per heavy atom. The van der Waals surface area contributed by atoms with E-state index in [4.69, 9.17) is 0 Å². The molecule has 1 aromatic heterocycles. The minimum atomic E-state index is -4.35. The average Bonchev–Trinajstić information content (AvgIpc) is 2.67. The van der Waals surface area contributed by atoms with Crippen molar-refractivity contribution in [2.75, 3.05) is 16.8 Å². The van der Waals surface area contributed by atoms with E-state index in [0.717, 1.165) is 42.9 Å². The number of benzene rings is 2. The number of para-hydroxylation sites is 1. The van der Waals surface area contributed by atoms with Gasteiger partial charge in [0.1, 0.15) is 5.82 Å². The Morgan fingerprint density at radius 1 is 1.00 bits per heavy atom. The standard InChI is InChI=1S/C21H19F3N4/c1-14-13-19(26-17-10-8-16(9-11-17)21(22,23)24)27-20(25-14)28-12-4-6-15-5-2-3-7-18(15)28/h2-3,5,7-11,13H,4,6,12H2,1H3,(H,25,26,27). The lowest BCUT2D eigenvalue weighted by molar-refractivity contribution is -0.137. The molecular formula is C21H19F3N4. The van der Waals surface area contributed by atoms with Crippen LogP contribution in [0.15, 0.2) is 54.6 Å². The van der Waals surface area contributed by atoms with Gasteiger partial charge in [0.2, 0.25) is 5.95 Å². The lowest BCUT2D eigenvalue weighted by Gasteiger charge is -2.29. The molecule has 4 nitrogen and oxygen atoms in total. The van der Waals surface area contributed by atoms with Crippen molar-refractivity contribution in [3.63, 3.8) is 0 Å². The van der Waals surface area contributed by atoms with Gasteiger partial charge in [0.05, 0.1) is 5.56 Å². The summed E-state index contributed by atoms with van der Waals surface area (Å²) in [5.41, 5.74) is 3.00. The monoisotopic (exact) mass is 384 g/mol. The van der Waals surface area contributed by atoms with E-state index < -0.39 is 11.7 Å². The molecule has 0 bridgehead atoms. The van der Waals surface area contributed by atoms with Crippen LogP contribution in [-0.4, -0.2) is 16.5 Å². The van der Waals surface area contributed by atoms with Gasteiger partial charge in [-0.1, -0.05) is 18.2 Å². The quantitative estimate of drug-likeness (QED) is 0.635. The van der Waals surface area contributed by atoms with Crippen LogP contribution in [0.5, 0.6) is 0 Å². The van der Waals surface area contributed by atoms with Gasteiger partial charge in [-0.3, -0.25) is 0 Å². The van der Waals surface area contributed by atoms with E-state index in [2.05, 4.69) is 32.3 Å². The highest BCUT2D eigenvalue weighted by atomic mass is 19.4. The summed E-state index contributed by atoms with van der Waals surface area (Å²) >= 11 is 0. The number of aryl methyl sites for hydroxylation is 2. The second kappa shape index (κ2) is 7.14. The SMILES string of the molecule is Cc1cc(Nc2ccc(C(F)(F)F)cc2)nc(N2CCCc3ccccc32)n1. The van der Waals surface area contributed by atoms with Crippen molar-refractivity contribution in [3.8, 4) is 0 Å². The lowest BCUT2D eigenvalue weighted by atomic mass is 10.0. The third-order valence-corrected chi connectivity index (χ3v) is 4.68. The maximum Gasteiger partial charge on any atom is 0.416 e. The van der Waals surface area contributed by atoms with Gasteiger partial charge < -0.3 is 10.2 Å². The molecule has 0 saturated heterocycles. The third kappa shape index (κ3) is 3.78. The van der Waals surface area contributed by atoms with Crippen molar-refractivity contribution in [1.82, 2.24) is 9.97 Å². The molecule has 0 unspecified atom stereocenters. The van der Waals surface area contributed by atoms with Crippen LogP contribution in [0.2, 0.25) is 0 Å². The highest BCUT2D eigenvalue weighted by Crippen LogP contribution is 2.33. The maximum absolute atomic E-state index is 12.7. The number of hydrogen-bond acceptors (Lipinski definition) is 4. The van der Waals surface area contributed by atoms with Crippen molar-refractivity contribution in [1.29, 1.82) is 0 Å². The molecule has 0 spiro atoms. The van der Waals surface area contributed by atoms with Gasteiger partial charge in [0, 0.05) is 29.7 Å². The van der Waals surface area contributed by atoms with Gasteiger partial charge in [-0.2, -0.15) is 18.2 Å². The summed E-state index contributed by atoms with van der Waals surface area (Å²) in [6.07, 6.45) is -2.32. The van der Waals surface area contributed by atoms with E-state index >= 15 is 0 Å². The first kappa shape index (κ1) is 18.3. The largest absolute Gasteiger partial charge is 0.416 e. The molecule has 0 saturated carbocycles. The second-order valence-corrected chi connectivity index (χ2v) is 6.78. The number of nitrogens with zero attached hydrogens (tertiary/aromatic N) is 3. The number of halogens is 3. The first-order valence-corrected chi connectivity index (χ1v) is 9.05. The number of fused-ring (bicyclic) bond motifs is 1. The average molecular weight is 384 g/mol. The van der Waals surface area contributed by atoms with E-state index in [-0.39, 0.29) is 0 Å². The van der Waals surface area contributed by atoms with Crippen molar-refractivity contribution < 1.29 is 13.2 Å². The van der Waals surface area contributed by atoms with Crippen LogP contribution >= 0.6 is 0 Å². The van der Waals surface area contributed by atoms with Crippen LogP contribution in [0, 0.1) is 6.92 Å². The van der Waals surface area contributed by atoms with Crippen LogP contribution in [0.4, 0.5) is 36.3 Å². The van der Waals surface area contributed by atoms with E-state index in [9.17, 15) is 13.2 Å². The van der Waals surface area contributed by atoms with Gasteiger partial charge in [-0.25, -0.2) is 4.98 Å². The zero-order valence-corrected chi connectivity index (χ0v) is 15.3. The highest BCUT2D eigenvalue weighted by molar-refractivity contribution is 5.65. The van der Waals surface area contributed by atoms with Gasteiger partial charge in [-0.15, -0.1) is 0 Å². The summed E-state index contributed by atoms with van der Waals surface area (Å²) in [4.78, 5) is 11.3. The van der Waals surface area contributed by atoms with Gasteiger partial charge in [0.15, 0.2) is 0 Å². The Bertz CT molecular complexity index is 984. The molecule has 0 fully saturated rings. The smallest absolute Gasteiger partial charge is 0.340 e. The fourth-order valence-corrected chi connectivity index (χ4v) is 3.37. The number of rotatable bonds is 3. The Kier molecular flexibility index (Phi) is 4.66. The first-order valence-electron chi connectivity index (χ1n) is 9.05. The summed E-state index contributed by atoms with van der Waals surface area (Å²) in [7, 11) is 0. The Balaban J connectivity index is 1.62. The Morgan fingerprint density at radius 2 is 1.75 bits per heavy atom. The zero-order valence-electron chi connectivity index (χ0n) is 15.3. The van der Waals surface area contributed by atoms with E-state index in [0.29, 0.717) is 17.5 Å². The molecule has 2 aromatic carbocycles. The zero-order chi connectivity index (χ0) is 19.7. The molecule has 144 valence electrons. The first-order chi connectivity index (χ1) is 13.4. The molecule has 3 aromatic rings. The summed E-state index contributed by atoms with van der Waals surface area (Å²) in [5.74, 6) is 1.13. The van der Waals surface area contributed by atoms with Crippen LogP contribution in [0.1, 0.15) is 23.2 Å². The van der Waals surface area contributed by atoms with Gasteiger partial charge in [0.25, 0.3) is 0 Å². The molecule has 1 N–H and O–H groups in total. The molecule has 0 atom stereocenters. The summed E-state index contributed by atoms with van der Waals surface area (Å²) in [6, 6.07) is 14.9. The minimum Gasteiger partial charge on any atom is -0.340 e. The lowest BCUT2D eigenvalue weighted by Crippen LogP contribution is -2.26.